The third kappa shape index (κ3) is 5.90. The summed E-state index contributed by atoms with van der Waals surface area (Å²) in [4.78, 5) is 28.7. The lowest BCUT2D eigenvalue weighted by Crippen LogP contribution is -2.50. The fourth-order valence-electron chi connectivity index (χ4n) is 3.10. The number of para-hydroxylation sites is 1. The van der Waals surface area contributed by atoms with Gasteiger partial charge in [-0.15, -0.1) is 0 Å². The largest absolute Gasteiger partial charge is 0.336 e. The smallest absolute Gasteiger partial charge is 0.288 e. The van der Waals surface area contributed by atoms with Crippen molar-refractivity contribution < 1.29 is 22.8 Å². The molecule has 30 heavy (non-hydrogen) atoms. The van der Waals surface area contributed by atoms with E-state index in [9.17, 15) is 22.8 Å². The van der Waals surface area contributed by atoms with Crippen LogP contribution in [0.5, 0.6) is 0 Å². The van der Waals surface area contributed by atoms with Crippen molar-refractivity contribution in [3.05, 3.63) is 58.9 Å². The van der Waals surface area contributed by atoms with E-state index in [1.807, 2.05) is 4.90 Å². The van der Waals surface area contributed by atoms with Crippen LogP contribution in [0.4, 0.5) is 18.9 Å². The third-order valence-corrected chi connectivity index (χ3v) is 5.67. The summed E-state index contributed by atoms with van der Waals surface area (Å²) in [5.74, 6) is -3.70. The number of nitrogens with zero attached hydrogens (tertiary/aromatic N) is 2. The number of alkyl halides is 2. The van der Waals surface area contributed by atoms with Crippen molar-refractivity contribution in [1.82, 2.24) is 9.80 Å². The molecule has 1 N–H and O–H groups in total. The summed E-state index contributed by atoms with van der Waals surface area (Å²) in [5.41, 5.74) is 0.574. The van der Waals surface area contributed by atoms with Gasteiger partial charge in [0, 0.05) is 31.1 Å². The first-order valence-corrected chi connectivity index (χ1v) is 10.4. The zero-order valence-corrected chi connectivity index (χ0v) is 17.4. The van der Waals surface area contributed by atoms with Crippen molar-refractivity contribution in [3.8, 4) is 0 Å². The van der Waals surface area contributed by atoms with E-state index in [2.05, 4.69) is 5.32 Å². The number of thioether (sulfide) groups is 1. The van der Waals surface area contributed by atoms with E-state index in [0.717, 1.165) is 6.07 Å². The molecule has 0 saturated carbocycles. The Kier molecular flexibility index (Phi) is 7.63. The van der Waals surface area contributed by atoms with Crippen LogP contribution in [0.15, 0.2) is 47.4 Å². The molecule has 0 atom stereocenters. The average Bonchev–Trinajstić information content (AvgIpc) is 2.69. The SMILES string of the molecule is O=C(CN1CCN(C(=O)c2ccc(F)cc2Cl)CC1)Nc1ccccc1SC(F)F. The maximum atomic E-state index is 13.2. The summed E-state index contributed by atoms with van der Waals surface area (Å²) < 4.78 is 38.5. The quantitative estimate of drug-likeness (QED) is 0.661. The number of amides is 2. The van der Waals surface area contributed by atoms with E-state index in [-0.39, 0.29) is 28.9 Å². The van der Waals surface area contributed by atoms with Gasteiger partial charge in [-0.2, -0.15) is 8.78 Å². The highest BCUT2D eigenvalue weighted by Gasteiger charge is 2.25. The van der Waals surface area contributed by atoms with Crippen LogP contribution in [0.1, 0.15) is 10.4 Å². The van der Waals surface area contributed by atoms with Gasteiger partial charge in [0.1, 0.15) is 5.82 Å². The van der Waals surface area contributed by atoms with Gasteiger partial charge in [-0.1, -0.05) is 35.5 Å². The number of hydrogen-bond donors (Lipinski definition) is 1. The normalized spacial score (nSPS) is 14.8. The molecule has 10 heteroatoms. The molecule has 2 amide bonds. The van der Waals surface area contributed by atoms with Gasteiger partial charge in [0.05, 0.1) is 22.8 Å². The maximum absolute atomic E-state index is 13.2. The van der Waals surface area contributed by atoms with Crippen LogP contribution in [0, 0.1) is 5.82 Å². The molecule has 0 spiro atoms. The highest BCUT2D eigenvalue weighted by Crippen LogP contribution is 2.31. The standard InChI is InChI=1S/C20H19ClF3N3O2S/c21-15-11-13(22)5-6-14(15)19(29)27-9-7-26(8-10-27)12-18(28)25-16-3-1-2-4-17(16)30-20(23)24/h1-6,11,20H,7-10,12H2,(H,25,28). The fourth-order valence-corrected chi connectivity index (χ4v) is 3.95. The molecule has 5 nitrogen and oxygen atoms in total. The van der Waals surface area contributed by atoms with E-state index in [0.29, 0.717) is 48.5 Å². The monoisotopic (exact) mass is 457 g/mol. The number of rotatable bonds is 6. The molecule has 1 aliphatic rings. The first-order valence-electron chi connectivity index (χ1n) is 9.14. The molecule has 1 aliphatic heterocycles. The van der Waals surface area contributed by atoms with Crippen LogP contribution in [0.25, 0.3) is 0 Å². The number of nitrogens with one attached hydrogen (secondary N) is 1. The number of halogens is 4. The molecule has 0 bridgehead atoms. The maximum Gasteiger partial charge on any atom is 0.288 e. The number of carbonyl (C=O) groups excluding carboxylic acids is 2. The second kappa shape index (κ2) is 10.2. The van der Waals surface area contributed by atoms with Gasteiger partial charge in [-0.3, -0.25) is 14.5 Å². The van der Waals surface area contributed by atoms with Crippen molar-refractivity contribution >= 4 is 40.9 Å². The Balaban J connectivity index is 1.52. The molecule has 0 radical (unpaired) electrons. The molecule has 160 valence electrons. The lowest BCUT2D eigenvalue weighted by Gasteiger charge is -2.34. The first kappa shape index (κ1) is 22.5. The third-order valence-electron chi connectivity index (χ3n) is 4.57. The van der Waals surface area contributed by atoms with Crippen LogP contribution >= 0.6 is 23.4 Å². The predicted molar refractivity (Wildman–Crippen MR) is 111 cm³/mol. The molecule has 0 aromatic heterocycles. The first-order chi connectivity index (χ1) is 14.3. The fraction of sp³-hybridized carbons (Fsp3) is 0.300. The number of piperazine rings is 1. The molecule has 0 aliphatic carbocycles. The Morgan fingerprint density at radius 3 is 2.47 bits per heavy atom. The van der Waals surface area contributed by atoms with Gasteiger partial charge >= 0.3 is 0 Å². The number of hydrogen-bond acceptors (Lipinski definition) is 4. The summed E-state index contributed by atoms with van der Waals surface area (Å²) in [6, 6.07) is 10.0. The molecule has 2 aromatic carbocycles. The van der Waals surface area contributed by atoms with Crippen LogP contribution in [-0.2, 0) is 4.79 Å². The number of carbonyl (C=O) groups is 2. The molecular formula is C20H19ClF3N3O2S. The van der Waals surface area contributed by atoms with Gasteiger partial charge < -0.3 is 10.2 Å². The molecule has 1 fully saturated rings. The Labute approximate surface area is 181 Å². The minimum absolute atomic E-state index is 0.0575. The van der Waals surface area contributed by atoms with Crippen LogP contribution < -0.4 is 5.32 Å². The Hall–Kier alpha value is -2.23. The molecule has 1 saturated heterocycles. The van der Waals surface area contributed by atoms with E-state index in [4.69, 9.17) is 11.6 Å². The van der Waals surface area contributed by atoms with E-state index < -0.39 is 11.6 Å². The summed E-state index contributed by atoms with van der Waals surface area (Å²) in [5, 5.41) is 2.73. The van der Waals surface area contributed by atoms with Crippen LogP contribution in [0.3, 0.4) is 0 Å². The van der Waals surface area contributed by atoms with Crippen molar-refractivity contribution in [3.63, 3.8) is 0 Å². The molecule has 2 aromatic rings. The second-order valence-electron chi connectivity index (χ2n) is 6.62. The minimum Gasteiger partial charge on any atom is -0.336 e. The molecular weight excluding hydrogens is 439 g/mol. The van der Waals surface area contributed by atoms with Crippen molar-refractivity contribution in [2.45, 2.75) is 10.7 Å². The Bertz CT molecular complexity index is 924. The summed E-state index contributed by atoms with van der Waals surface area (Å²) in [6.07, 6.45) is 0. The summed E-state index contributed by atoms with van der Waals surface area (Å²) in [7, 11) is 0. The minimum atomic E-state index is -2.58. The lowest BCUT2D eigenvalue weighted by molar-refractivity contribution is -0.117. The highest BCUT2D eigenvalue weighted by molar-refractivity contribution is 7.99. The topological polar surface area (TPSA) is 52.7 Å². The van der Waals surface area contributed by atoms with Crippen LogP contribution in [-0.4, -0.2) is 60.1 Å². The highest BCUT2D eigenvalue weighted by atomic mass is 35.5. The van der Waals surface area contributed by atoms with E-state index >= 15 is 0 Å². The van der Waals surface area contributed by atoms with Gasteiger partial charge in [0.2, 0.25) is 5.91 Å². The van der Waals surface area contributed by atoms with Gasteiger partial charge in [-0.25, -0.2) is 4.39 Å². The van der Waals surface area contributed by atoms with Gasteiger partial charge in [0.15, 0.2) is 0 Å². The number of benzene rings is 2. The zero-order valence-electron chi connectivity index (χ0n) is 15.8. The molecule has 3 rings (SSSR count). The van der Waals surface area contributed by atoms with Crippen molar-refractivity contribution in [2.24, 2.45) is 0 Å². The van der Waals surface area contributed by atoms with Crippen molar-refractivity contribution in [2.75, 3.05) is 38.0 Å². The Morgan fingerprint density at radius 2 is 1.80 bits per heavy atom. The van der Waals surface area contributed by atoms with E-state index in [1.165, 1.54) is 18.2 Å². The second-order valence-corrected chi connectivity index (χ2v) is 8.05. The van der Waals surface area contributed by atoms with E-state index in [1.54, 1.807) is 23.1 Å². The van der Waals surface area contributed by atoms with Crippen molar-refractivity contribution in [1.29, 1.82) is 0 Å². The van der Waals surface area contributed by atoms with Crippen LogP contribution in [0.2, 0.25) is 5.02 Å². The molecule has 0 unspecified atom stereocenters. The lowest BCUT2D eigenvalue weighted by atomic mass is 10.1. The van der Waals surface area contributed by atoms with Gasteiger partial charge in [-0.05, 0) is 30.3 Å². The summed E-state index contributed by atoms with van der Waals surface area (Å²) >= 11 is 6.34. The summed E-state index contributed by atoms with van der Waals surface area (Å²) in [6.45, 7) is 1.78. The average molecular weight is 458 g/mol. The molecule has 1 heterocycles. The predicted octanol–water partition coefficient (Wildman–Crippen LogP) is 4.19. The number of anilines is 1. The van der Waals surface area contributed by atoms with Gasteiger partial charge in [0.25, 0.3) is 11.7 Å². The Morgan fingerprint density at radius 1 is 1.10 bits per heavy atom. The zero-order chi connectivity index (χ0) is 21.7.